The van der Waals surface area contributed by atoms with Crippen LogP contribution in [0.1, 0.15) is 23.7 Å². The van der Waals surface area contributed by atoms with Gasteiger partial charge in [-0.05, 0) is 38.1 Å². The minimum absolute atomic E-state index is 0.0339. The summed E-state index contributed by atoms with van der Waals surface area (Å²) in [6.45, 7) is 3.51. The van der Waals surface area contributed by atoms with Gasteiger partial charge in [0.25, 0.3) is 0 Å². The number of nitrogens with one attached hydrogen (secondary N) is 1. The molecular formula is C20H16N6O2S. The molecule has 3 heterocycles. The predicted molar refractivity (Wildman–Crippen MR) is 109 cm³/mol. The van der Waals surface area contributed by atoms with Gasteiger partial charge in [0, 0.05) is 5.69 Å². The van der Waals surface area contributed by atoms with Crippen LogP contribution in [0.15, 0.2) is 46.0 Å². The standard InChI is InChI=1S/C20H16N6O2S/c1-11-5-3-7-16(24-11)25-19(27)12(2)29-20-14(10-22)17(15-6-4-8-28-15)13(9-21)18(23)26-20/h3-8,12H,1-2H3,(H2,23,26)(H,24,25,27). The molecule has 3 rings (SSSR count). The van der Waals surface area contributed by atoms with E-state index >= 15 is 0 Å². The van der Waals surface area contributed by atoms with Crippen molar-refractivity contribution in [2.45, 2.75) is 24.1 Å². The molecule has 144 valence electrons. The van der Waals surface area contributed by atoms with Gasteiger partial charge >= 0.3 is 0 Å². The van der Waals surface area contributed by atoms with E-state index in [1.807, 2.05) is 19.1 Å². The summed E-state index contributed by atoms with van der Waals surface area (Å²) >= 11 is 1.07. The lowest BCUT2D eigenvalue weighted by Gasteiger charge is -2.15. The Bertz CT molecular complexity index is 1150. The molecule has 0 radical (unpaired) electrons. The van der Waals surface area contributed by atoms with Crippen LogP contribution in [0.25, 0.3) is 11.3 Å². The van der Waals surface area contributed by atoms with Crippen LogP contribution in [-0.2, 0) is 4.79 Å². The topological polar surface area (TPSA) is 142 Å². The molecule has 3 aromatic rings. The SMILES string of the molecule is Cc1cccc(NC(=O)C(C)Sc2nc(N)c(C#N)c(-c3ccco3)c2C#N)n1. The largest absolute Gasteiger partial charge is 0.464 e. The van der Waals surface area contributed by atoms with Gasteiger partial charge in [-0.3, -0.25) is 4.79 Å². The maximum atomic E-state index is 12.6. The third-order valence-corrected chi connectivity index (χ3v) is 5.07. The Balaban J connectivity index is 1.94. The van der Waals surface area contributed by atoms with Gasteiger partial charge in [0.15, 0.2) is 0 Å². The lowest BCUT2D eigenvalue weighted by atomic mass is 10.0. The van der Waals surface area contributed by atoms with Crippen LogP contribution in [0, 0.1) is 29.6 Å². The quantitative estimate of drug-likeness (QED) is 0.615. The molecule has 3 aromatic heterocycles. The fourth-order valence-electron chi connectivity index (χ4n) is 2.61. The number of hydrogen-bond acceptors (Lipinski definition) is 8. The third-order valence-electron chi connectivity index (χ3n) is 3.98. The number of aromatic nitrogens is 2. The second-order valence-electron chi connectivity index (χ2n) is 6.04. The molecule has 0 aliphatic rings. The maximum Gasteiger partial charge on any atom is 0.238 e. The predicted octanol–water partition coefficient (Wildman–Crippen LogP) is 3.49. The maximum absolute atomic E-state index is 12.6. The van der Waals surface area contributed by atoms with Crippen molar-refractivity contribution < 1.29 is 9.21 Å². The fourth-order valence-corrected chi connectivity index (χ4v) is 3.53. The monoisotopic (exact) mass is 404 g/mol. The first-order chi connectivity index (χ1) is 13.9. The van der Waals surface area contributed by atoms with E-state index in [1.165, 1.54) is 6.26 Å². The number of nitrogens with two attached hydrogens (primary N) is 1. The Hall–Kier alpha value is -3.82. The number of nitrogen functional groups attached to an aromatic ring is 1. The second-order valence-corrected chi connectivity index (χ2v) is 7.37. The minimum atomic E-state index is -0.603. The van der Waals surface area contributed by atoms with Crippen molar-refractivity contribution in [3.05, 3.63) is 53.4 Å². The number of nitrogens with zero attached hydrogens (tertiary/aromatic N) is 4. The molecule has 0 fully saturated rings. The molecule has 0 aliphatic carbocycles. The molecule has 0 saturated carbocycles. The number of thioether (sulfide) groups is 1. The summed E-state index contributed by atoms with van der Waals surface area (Å²) in [5, 5.41) is 21.6. The number of nitriles is 2. The number of rotatable bonds is 5. The molecule has 1 atom stereocenters. The van der Waals surface area contributed by atoms with Gasteiger partial charge in [-0.2, -0.15) is 10.5 Å². The molecule has 0 spiro atoms. The van der Waals surface area contributed by atoms with Crippen molar-refractivity contribution in [1.82, 2.24) is 9.97 Å². The molecule has 9 heteroatoms. The van der Waals surface area contributed by atoms with E-state index in [0.717, 1.165) is 17.5 Å². The van der Waals surface area contributed by atoms with Gasteiger partial charge in [0.2, 0.25) is 5.91 Å². The smallest absolute Gasteiger partial charge is 0.238 e. The highest BCUT2D eigenvalue weighted by Crippen LogP contribution is 2.37. The number of furan rings is 1. The first-order valence-corrected chi connectivity index (χ1v) is 9.41. The summed E-state index contributed by atoms with van der Waals surface area (Å²) in [5.41, 5.74) is 7.18. The number of carbonyl (C=O) groups is 1. The Morgan fingerprint density at radius 3 is 2.59 bits per heavy atom. The average molecular weight is 404 g/mol. The zero-order valence-electron chi connectivity index (χ0n) is 15.6. The highest BCUT2D eigenvalue weighted by molar-refractivity contribution is 8.00. The molecule has 1 unspecified atom stereocenters. The van der Waals surface area contributed by atoms with Crippen LogP contribution in [0.3, 0.4) is 0 Å². The van der Waals surface area contributed by atoms with Crippen LogP contribution in [0.5, 0.6) is 0 Å². The highest BCUT2D eigenvalue weighted by Gasteiger charge is 2.25. The Morgan fingerprint density at radius 1 is 1.21 bits per heavy atom. The summed E-state index contributed by atoms with van der Waals surface area (Å²) in [5.74, 6) is 0.427. The lowest BCUT2D eigenvalue weighted by Crippen LogP contribution is -2.23. The van der Waals surface area contributed by atoms with Crippen molar-refractivity contribution in [3.8, 4) is 23.5 Å². The molecule has 0 saturated heterocycles. The van der Waals surface area contributed by atoms with Crippen molar-refractivity contribution in [2.75, 3.05) is 11.1 Å². The first kappa shape index (κ1) is 19.9. The number of pyridine rings is 2. The van der Waals surface area contributed by atoms with Crippen molar-refractivity contribution in [1.29, 1.82) is 10.5 Å². The first-order valence-electron chi connectivity index (χ1n) is 8.53. The van der Waals surface area contributed by atoms with Crippen molar-refractivity contribution in [2.24, 2.45) is 0 Å². The zero-order chi connectivity index (χ0) is 21.0. The Kier molecular flexibility index (Phi) is 5.82. The van der Waals surface area contributed by atoms with E-state index in [-0.39, 0.29) is 33.4 Å². The van der Waals surface area contributed by atoms with E-state index in [1.54, 1.807) is 31.2 Å². The highest BCUT2D eigenvalue weighted by atomic mass is 32.2. The van der Waals surface area contributed by atoms with E-state index in [9.17, 15) is 15.3 Å². The van der Waals surface area contributed by atoms with Crippen molar-refractivity contribution >= 4 is 29.3 Å². The molecule has 3 N–H and O–H groups in total. The van der Waals surface area contributed by atoms with Crippen LogP contribution >= 0.6 is 11.8 Å². The molecule has 0 bridgehead atoms. The Labute approximate surface area is 171 Å². The molecule has 1 amide bonds. The Morgan fingerprint density at radius 2 is 1.97 bits per heavy atom. The summed E-state index contributed by atoms with van der Waals surface area (Å²) in [4.78, 5) is 21.0. The number of aryl methyl sites for hydroxylation is 1. The van der Waals surface area contributed by atoms with E-state index in [2.05, 4.69) is 21.4 Å². The van der Waals surface area contributed by atoms with E-state index in [0.29, 0.717) is 11.6 Å². The molecule has 0 aromatic carbocycles. The van der Waals surface area contributed by atoms with E-state index in [4.69, 9.17) is 10.2 Å². The normalized spacial score (nSPS) is 11.3. The van der Waals surface area contributed by atoms with Crippen LogP contribution < -0.4 is 11.1 Å². The molecule has 8 nitrogen and oxygen atoms in total. The average Bonchev–Trinajstić information content (AvgIpc) is 3.22. The number of anilines is 2. The van der Waals surface area contributed by atoms with Gasteiger partial charge in [-0.1, -0.05) is 17.8 Å². The zero-order valence-corrected chi connectivity index (χ0v) is 16.4. The molecule has 0 aliphatic heterocycles. The summed E-state index contributed by atoms with van der Waals surface area (Å²) in [7, 11) is 0. The van der Waals surface area contributed by atoms with Crippen molar-refractivity contribution in [3.63, 3.8) is 0 Å². The van der Waals surface area contributed by atoms with Gasteiger partial charge in [0.1, 0.15) is 40.1 Å². The van der Waals surface area contributed by atoms with E-state index < -0.39 is 5.25 Å². The third kappa shape index (κ3) is 4.21. The number of amides is 1. The second kappa shape index (κ2) is 8.46. The fraction of sp³-hybridized carbons (Fsp3) is 0.150. The van der Waals surface area contributed by atoms with Crippen LogP contribution in [0.4, 0.5) is 11.6 Å². The van der Waals surface area contributed by atoms with Gasteiger partial charge in [-0.25, -0.2) is 9.97 Å². The number of carbonyl (C=O) groups excluding carboxylic acids is 1. The van der Waals surface area contributed by atoms with Gasteiger partial charge in [0.05, 0.1) is 22.6 Å². The summed E-state index contributed by atoms with van der Waals surface area (Å²) in [6, 6.07) is 12.6. The minimum Gasteiger partial charge on any atom is -0.464 e. The van der Waals surface area contributed by atoms with Crippen LogP contribution in [0.2, 0.25) is 0 Å². The summed E-state index contributed by atoms with van der Waals surface area (Å²) < 4.78 is 5.37. The summed E-state index contributed by atoms with van der Waals surface area (Å²) in [6.07, 6.45) is 1.44. The van der Waals surface area contributed by atoms with Gasteiger partial charge < -0.3 is 15.5 Å². The number of hydrogen-bond donors (Lipinski definition) is 2. The molecule has 29 heavy (non-hydrogen) atoms. The van der Waals surface area contributed by atoms with Crippen LogP contribution in [-0.4, -0.2) is 21.1 Å². The lowest BCUT2D eigenvalue weighted by molar-refractivity contribution is -0.115. The molecular weight excluding hydrogens is 388 g/mol. The van der Waals surface area contributed by atoms with Gasteiger partial charge in [-0.15, -0.1) is 0 Å².